The molecule has 4 rings (SSSR count). The first kappa shape index (κ1) is 21.2. The van der Waals surface area contributed by atoms with Gasteiger partial charge in [-0.3, -0.25) is 9.59 Å². The Labute approximate surface area is 179 Å². The van der Waals surface area contributed by atoms with E-state index in [-0.39, 0.29) is 16.9 Å². The Morgan fingerprint density at radius 1 is 1.12 bits per heavy atom. The molecule has 10 heteroatoms. The van der Waals surface area contributed by atoms with E-state index < -0.39 is 23.2 Å². The Hall–Kier alpha value is -4.08. The van der Waals surface area contributed by atoms with Gasteiger partial charge in [-0.05, 0) is 62.4 Å². The molecular formula is C22H17F3N4O3. The smallest absolute Gasteiger partial charge is 0.416 e. The van der Waals surface area contributed by atoms with E-state index >= 15 is 0 Å². The molecule has 0 spiro atoms. The first-order valence-corrected chi connectivity index (χ1v) is 9.47. The molecule has 3 aromatic heterocycles. The first-order chi connectivity index (χ1) is 15.1. The zero-order valence-electron chi connectivity index (χ0n) is 16.9. The molecule has 0 radical (unpaired) electrons. The number of carbonyl (C=O) groups excluding carboxylic acids is 1. The number of halogens is 3. The molecule has 2 N–H and O–H groups in total. The molecule has 0 aliphatic rings. The molecule has 7 nitrogen and oxygen atoms in total. The predicted octanol–water partition coefficient (Wildman–Crippen LogP) is 4.71. The van der Waals surface area contributed by atoms with Gasteiger partial charge in [0.2, 0.25) is 0 Å². The third-order valence-corrected chi connectivity index (χ3v) is 4.75. The number of amides is 1. The maximum absolute atomic E-state index is 13.3. The summed E-state index contributed by atoms with van der Waals surface area (Å²) < 4.78 is 46.5. The lowest BCUT2D eigenvalue weighted by atomic mass is 10.1. The summed E-state index contributed by atoms with van der Waals surface area (Å²) in [5.74, 6) is -0.460. The monoisotopic (exact) mass is 442 g/mol. The molecular weight excluding hydrogens is 425 g/mol. The van der Waals surface area contributed by atoms with Gasteiger partial charge in [-0.25, -0.2) is 4.68 Å². The number of H-pyrrole nitrogens is 1. The highest BCUT2D eigenvalue weighted by atomic mass is 19.4. The predicted molar refractivity (Wildman–Crippen MR) is 111 cm³/mol. The Morgan fingerprint density at radius 3 is 2.50 bits per heavy atom. The molecule has 1 amide bonds. The number of aromatic amines is 1. The zero-order valence-corrected chi connectivity index (χ0v) is 16.9. The van der Waals surface area contributed by atoms with Gasteiger partial charge in [-0.2, -0.15) is 18.3 Å². The minimum absolute atomic E-state index is 0.134. The molecule has 0 fully saturated rings. The number of hydrogen-bond acceptors (Lipinski definition) is 4. The topological polar surface area (TPSA) is 92.9 Å². The fourth-order valence-corrected chi connectivity index (χ4v) is 3.29. The molecule has 0 atom stereocenters. The van der Waals surface area contributed by atoms with Crippen LogP contribution in [0.5, 0.6) is 0 Å². The van der Waals surface area contributed by atoms with E-state index in [0.29, 0.717) is 22.8 Å². The van der Waals surface area contributed by atoms with Crippen LogP contribution in [0, 0.1) is 13.8 Å². The molecule has 164 valence electrons. The van der Waals surface area contributed by atoms with Gasteiger partial charge in [-0.1, -0.05) is 0 Å². The van der Waals surface area contributed by atoms with Crippen LogP contribution in [0.25, 0.3) is 17.1 Å². The summed E-state index contributed by atoms with van der Waals surface area (Å²) in [5, 5.41) is 6.70. The molecule has 0 saturated carbocycles. The van der Waals surface area contributed by atoms with Gasteiger partial charge < -0.3 is 14.7 Å². The number of anilines is 1. The Balaban J connectivity index is 1.73. The number of pyridine rings is 1. The van der Waals surface area contributed by atoms with Gasteiger partial charge in [0.25, 0.3) is 11.5 Å². The first-order valence-electron chi connectivity index (χ1n) is 9.47. The number of nitrogens with zero attached hydrogens (tertiary/aromatic N) is 2. The summed E-state index contributed by atoms with van der Waals surface area (Å²) in [6.07, 6.45) is -3.18. The van der Waals surface area contributed by atoms with Crippen molar-refractivity contribution in [3.63, 3.8) is 0 Å². The number of benzene rings is 1. The van der Waals surface area contributed by atoms with Crippen molar-refractivity contribution in [2.45, 2.75) is 20.0 Å². The fraction of sp³-hybridized carbons (Fsp3) is 0.136. The van der Waals surface area contributed by atoms with E-state index in [9.17, 15) is 22.8 Å². The van der Waals surface area contributed by atoms with Crippen LogP contribution in [0.15, 0.2) is 64.0 Å². The van der Waals surface area contributed by atoms with Crippen molar-refractivity contribution < 1.29 is 22.4 Å². The van der Waals surface area contributed by atoms with Gasteiger partial charge in [0.05, 0.1) is 34.6 Å². The molecule has 0 unspecified atom stereocenters. The van der Waals surface area contributed by atoms with Crippen molar-refractivity contribution in [2.75, 3.05) is 5.32 Å². The highest BCUT2D eigenvalue weighted by Gasteiger charge is 2.31. The van der Waals surface area contributed by atoms with Gasteiger partial charge in [0, 0.05) is 5.69 Å². The SMILES string of the molecule is Cc1cc(C)n(-c2ccc(C(F)(F)F)cc2NC(=O)c2ccc(-c3ccco3)[nH]c2=O)n1. The third-order valence-electron chi connectivity index (χ3n) is 4.75. The number of nitrogens with one attached hydrogen (secondary N) is 2. The Kier molecular flexibility index (Phi) is 5.21. The average molecular weight is 442 g/mol. The number of hydrogen-bond donors (Lipinski definition) is 2. The van der Waals surface area contributed by atoms with Gasteiger partial charge in [0.15, 0.2) is 0 Å². The van der Waals surface area contributed by atoms with Crippen LogP contribution in [0.4, 0.5) is 18.9 Å². The highest BCUT2D eigenvalue weighted by molar-refractivity contribution is 6.05. The second-order valence-electron chi connectivity index (χ2n) is 7.11. The summed E-state index contributed by atoms with van der Waals surface area (Å²) >= 11 is 0. The average Bonchev–Trinajstić information content (AvgIpc) is 3.36. The van der Waals surface area contributed by atoms with Crippen molar-refractivity contribution in [2.24, 2.45) is 0 Å². The molecule has 4 aromatic rings. The maximum atomic E-state index is 13.3. The van der Waals surface area contributed by atoms with Crippen LogP contribution >= 0.6 is 0 Å². The van der Waals surface area contributed by atoms with Gasteiger partial charge in [0.1, 0.15) is 11.3 Å². The number of aryl methyl sites for hydroxylation is 2. The van der Waals surface area contributed by atoms with Crippen molar-refractivity contribution >= 4 is 11.6 Å². The van der Waals surface area contributed by atoms with E-state index in [1.165, 1.54) is 29.1 Å². The van der Waals surface area contributed by atoms with Crippen LogP contribution in [-0.2, 0) is 6.18 Å². The summed E-state index contributed by atoms with van der Waals surface area (Å²) in [6, 6.07) is 10.7. The van der Waals surface area contributed by atoms with Crippen LogP contribution in [0.3, 0.4) is 0 Å². The quantitative estimate of drug-likeness (QED) is 0.479. The summed E-state index contributed by atoms with van der Waals surface area (Å²) in [4.78, 5) is 27.8. The number of furan rings is 1. The van der Waals surface area contributed by atoms with Crippen molar-refractivity contribution in [1.29, 1.82) is 0 Å². The Morgan fingerprint density at radius 2 is 1.91 bits per heavy atom. The van der Waals surface area contributed by atoms with Crippen LogP contribution in [0.2, 0.25) is 0 Å². The van der Waals surface area contributed by atoms with E-state index in [1.54, 1.807) is 32.0 Å². The van der Waals surface area contributed by atoms with Gasteiger partial charge in [-0.15, -0.1) is 0 Å². The van der Waals surface area contributed by atoms with E-state index in [2.05, 4.69) is 15.4 Å². The third kappa shape index (κ3) is 4.07. The molecule has 1 aromatic carbocycles. The minimum atomic E-state index is -4.62. The molecule has 0 saturated heterocycles. The normalized spacial score (nSPS) is 11.5. The van der Waals surface area contributed by atoms with E-state index in [0.717, 1.165) is 12.1 Å². The van der Waals surface area contributed by atoms with Crippen LogP contribution in [0.1, 0.15) is 27.3 Å². The highest BCUT2D eigenvalue weighted by Crippen LogP contribution is 2.34. The second-order valence-corrected chi connectivity index (χ2v) is 7.11. The van der Waals surface area contributed by atoms with Crippen molar-refractivity contribution in [1.82, 2.24) is 14.8 Å². The van der Waals surface area contributed by atoms with Crippen LogP contribution < -0.4 is 10.9 Å². The standard InChI is InChI=1S/C22H17F3N4O3/c1-12-10-13(2)29(28-12)18-8-5-14(22(23,24)25)11-17(18)27-21(31)15-6-7-16(26-20(15)30)19-4-3-9-32-19/h3-11H,1-2H3,(H,26,30)(H,27,31). The largest absolute Gasteiger partial charge is 0.463 e. The summed E-state index contributed by atoms with van der Waals surface area (Å²) in [5.41, 5.74) is -0.138. The number of carbonyl (C=O) groups is 1. The number of alkyl halides is 3. The zero-order chi connectivity index (χ0) is 23.0. The van der Waals surface area contributed by atoms with Crippen molar-refractivity contribution in [3.05, 3.63) is 87.7 Å². The van der Waals surface area contributed by atoms with Crippen LogP contribution in [-0.4, -0.2) is 20.7 Å². The molecule has 0 aliphatic carbocycles. The second kappa shape index (κ2) is 7.88. The lowest BCUT2D eigenvalue weighted by Crippen LogP contribution is -2.24. The molecule has 0 bridgehead atoms. The lowest BCUT2D eigenvalue weighted by molar-refractivity contribution is -0.137. The van der Waals surface area contributed by atoms with E-state index in [4.69, 9.17) is 4.42 Å². The minimum Gasteiger partial charge on any atom is -0.463 e. The maximum Gasteiger partial charge on any atom is 0.416 e. The lowest BCUT2D eigenvalue weighted by Gasteiger charge is -2.15. The molecule has 32 heavy (non-hydrogen) atoms. The van der Waals surface area contributed by atoms with Gasteiger partial charge >= 0.3 is 6.18 Å². The van der Waals surface area contributed by atoms with Crippen molar-refractivity contribution in [3.8, 4) is 17.1 Å². The molecule has 3 heterocycles. The number of aromatic nitrogens is 3. The van der Waals surface area contributed by atoms with E-state index in [1.807, 2.05) is 0 Å². The summed E-state index contributed by atoms with van der Waals surface area (Å²) in [6.45, 7) is 3.48. The Bertz CT molecular complexity index is 1350. The summed E-state index contributed by atoms with van der Waals surface area (Å²) in [7, 11) is 0. The number of rotatable bonds is 4. The molecule has 0 aliphatic heterocycles. The fourth-order valence-electron chi connectivity index (χ4n) is 3.29.